The lowest BCUT2D eigenvalue weighted by Gasteiger charge is -2.13. The summed E-state index contributed by atoms with van der Waals surface area (Å²) < 4.78 is 27.6. The van der Waals surface area contributed by atoms with E-state index in [4.69, 9.17) is 5.73 Å². The van der Waals surface area contributed by atoms with Gasteiger partial charge in [-0.15, -0.1) is 12.4 Å². The summed E-state index contributed by atoms with van der Waals surface area (Å²) >= 11 is 0. The molecular formula is C15H20ClN3O2S. The molecule has 1 saturated carbocycles. The number of rotatable bonds is 5. The molecule has 5 nitrogen and oxygen atoms in total. The maximum atomic E-state index is 12.5. The van der Waals surface area contributed by atoms with Crippen molar-refractivity contribution in [3.63, 3.8) is 0 Å². The molecule has 1 aliphatic carbocycles. The number of nitrogens with two attached hydrogens (primary N) is 1. The largest absolute Gasteiger partial charge is 0.326 e. The van der Waals surface area contributed by atoms with Crippen molar-refractivity contribution in [3.8, 4) is 0 Å². The molecule has 0 bridgehead atoms. The van der Waals surface area contributed by atoms with Gasteiger partial charge >= 0.3 is 0 Å². The number of pyridine rings is 1. The fourth-order valence-corrected chi connectivity index (χ4v) is 3.68. The number of benzene rings is 1. The number of para-hydroxylation sites is 1. The van der Waals surface area contributed by atoms with Crippen LogP contribution in [-0.4, -0.2) is 26.0 Å². The lowest BCUT2D eigenvalue weighted by molar-refractivity contribution is 0.548. The molecule has 1 unspecified atom stereocenters. The third-order valence-electron chi connectivity index (χ3n) is 3.84. The highest BCUT2D eigenvalue weighted by Gasteiger charge is 2.29. The molecule has 0 aliphatic heterocycles. The first-order valence-corrected chi connectivity index (χ1v) is 8.56. The van der Waals surface area contributed by atoms with Crippen LogP contribution < -0.4 is 10.5 Å². The monoisotopic (exact) mass is 341 g/mol. The minimum atomic E-state index is -3.59. The van der Waals surface area contributed by atoms with E-state index in [0.717, 1.165) is 23.8 Å². The van der Waals surface area contributed by atoms with Crippen molar-refractivity contribution in [3.05, 3.63) is 36.0 Å². The molecule has 3 rings (SSSR count). The van der Waals surface area contributed by atoms with Crippen LogP contribution in [0.2, 0.25) is 0 Å². The molecule has 7 heteroatoms. The lowest BCUT2D eigenvalue weighted by atomic mass is 10.2. The van der Waals surface area contributed by atoms with Gasteiger partial charge in [-0.1, -0.05) is 12.1 Å². The van der Waals surface area contributed by atoms with E-state index in [1.54, 1.807) is 18.3 Å². The number of aromatic nitrogens is 1. The Morgan fingerprint density at radius 3 is 2.82 bits per heavy atom. The summed E-state index contributed by atoms with van der Waals surface area (Å²) in [5, 5.41) is 0.823. The fraction of sp³-hybridized carbons (Fsp3) is 0.400. The van der Waals surface area contributed by atoms with Gasteiger partial charge in [0.2, 0.25) is 10.0 Å². The summed E-state index contributed by atoms with van der Waals surface area (Å²) in [4.78, 5) is 4.48. The number of fused-ring (bicyclic) bond motifs is 1. The third-order valence-corrected chi connectivity index (χ3v) is 5.29. The molecule has 0 radical (unpaired) electrons. The van der Waals surface area contributed by atoms with Gasteiger partial charge < -0.3 is 5.73 Å². The van der Waals surface area contributed by atoms with Crippen LogP contribution in [0.15, 0.2) is 35.4 Å². The number of hydrogen-bond acceptors (Lipinski definition) is 4. The summed E-state index contributed by atoms with van der Waals surface area (Å²) in [6.45, 7) is 2.20. The molecule has 22 heavy (non-hydrogen) atoms. The number of nitrogens with zero attached hydrogens (tertiary/aromatic N) is 1. The third kappa shape index (κ3) is 3.57. The Morgan fingerprint density at radius 2 is 2.14 bits per heavy atom. The molecule has 0 amide bonds. The highest BCUT2D eigenvalue weighted by molar-refractivity contribution is 7.89. The highest BCUT2D eigenvalue weighted by atomic mass is 35.5. The number of nitrogens with one attached hydrogen (secondary N) is 1. The molecule has 1 fully saturated rings. The topological polar surface area (TPSA) is 85.1 Å². The Balaban J connectivity index is 0.00000176. The highest BCUT2D eigenvalue weighted by Crippen LogP contribution is 2.31. The number of hydrogen-bond donors (Lipinski definition) is 2. The van der Waals surface area contributed by atoms with E-state index in [0.29, 0.717) is 11.4 Å². The molecular weight excluding hydrogens is 322 g/mol. The average molecular weight is 342 g/mol. The van der Waals surface area contributed by atoms with Crippen molar-refractivity contribution in [2.75, 3.05) is 6.54 Å². The molecule has 120 valence electrons. The zero-order valence-electron chi connectivity index (χ0n) is 12.3. The van der Waals surface area contributed by atoms with Gasteiger partial charge in [-0.3, -0.25) is 4.98 Å². The van der Waals surface area contributed by atoms with Crippen molar-refractivity contribution in [1.29, 1.82) is 0 Å². The van der Waals surface area contributed by atoms with Crippen molar-refractivity contribution in [2.24, 2.45) is 11.7 Å². The second kappa shape index (κ2) is 6.50. The van der Waals surface area contributed by atoms with E-state index in [1.807, 2.05) is 19.1 Å². The quantitative estimate of drug-likeness (QED) is 0.870. The molecule has 0 saturated heterocycles. The summed E-state index contributed by atoms with van der Waals surface area (Å²) in [6, 6.07) is 7.00. The predicted octanol–water partition coefficient (Wildman–Crippen LogP) is 1.98. The van der Waals surface area contributed by atoms with Crippen LogP contribution in [0.4, 0.5) is 0 Å². The van der Waals surface area contributed by atoms with Gasteiger partial charge in [-0.2, -0.15) is 0 Å². The zero-order valence-corrected chi connectivity index (χ0v) is 14.0. The lowest BCUT2D eigenvalue weighted by Crippen LogP contribution is -2.38. The molecule has 1 aromatic carbocycles. The van der Waals surface area contributed by atoms with Crippen LogP contribution >= 0.6 is 12.4 Å². The Bertz CT molecular complexity index is 775. The molecule has 3 N–H and O–H groups in total. The van der Waals surface area contributed by atoms with Gasteiger partial charge in [0.1, 0.15) is 4.90 Å². The number of sulfonamides is 1. The minimum Gasteiger partial charge on any atom is -0.326 e. The van der Waals surface area contributed by atoms with Crippen LogP contribution in [0.1, 0.15) is 18.4 Å². The maximum Gasteiger partial charge on any atom is 0.242 e. The second-order valence-corrected chi connectivity index (χ2v) is 7.43. The molecule has 2 aromatic rings. The van der Waals surface area contributed by atoms with Crippen molar-refractivity contribution in [2.45, 2.75) is 30.7 Å². The standard InChI is InChI=1S/C15H19N3O2S.ClH/c1-10-7-12-3-2-4-14(15(12)17-8-10)21(19,20)18-9-13(16)11-5-6-11;/h2-4,7-8,11,13,18H,5-6,9,16H2,1H3;1H. The Hall–Kier alpha value is -1.21. The van der Waals surface area contributed by atoms with Gasteiger partial charge in [0.05, 0.1) is 5.52 Å². The van der Waals surface area contributed by atoms with E-state index in [2.05, 4.69) is 9.71 Å². The van der Waals surface area contributed by atoms with Crippen LogP contribution in [0.25, 0.3) is 10.9 Å². The summed E-state index contributed by atoms with van der Waals surface area (Å²) in [5.74, 6) is 0.459. The van der Waals surface area contributed by atoms with E-state index >= 15 is 0 Å². The second-order valence-electron chi connectivity index (χ2n) is 5.69. The van der Waals surface area contributed by atoms with Gasteiger partial charge in [0.15, 0.2) is 0 Å². The molecule has 1 atom stereocenters. The zero-order chi connectivity index (χ0) is 15.0. The smallest absolute Gasteiger partial charge is 0.242 e. The van der Waals surface area contributed by atoms with E-state index < -0.39 is 10.0 Å². The summed E-state index contributed by atoms with van der Waals surface area (Å²) in [6.07, 6.45) is 3.87. The molecule has 1 aromatic heterocycles. The first-order chi connectivity index (χ1) is 9.97. The van der Waals surface area contributed by atoms with Crippen molar-refractivity contribution in [1.82, 2.24) is 9.71 Å². The fourth-order valence-electron chi connectivity index (χ4n) is 2.43. The van der Waals surface area contributed by atoms with Gasteiger partial charge in [-0.05, 0) is 43.4 Å². The first-order valence-electron chi connectivity index (χ1n) is 7.08. The van der Waals surface area contributed by atoms with E-state index in [9.17, 15) is 8.42 Å². The van der Waals surface area contributed by atoms with Gasteiger partial charge in [0.25, 0.3) is 0 Å². The average Bonchev–Trinajstić information content (AvgIpc) is 3.28. The summed E-state index contributed by atoms with van der Waals surface area (Å²) in [7, 11) is -3.59. The Labute approximate surface area is 136 Å². The predicted molar refractivity (Wildman–Crippen MR) is 89.6 cm³/mol. The van der Waals surface area contributed by atoms with Crippen LogP contribution in [0.3, 0.4) is 0 Å². The van der Waals surface area contributed by atoms with E-state index in [-0.39, 0.29) is 29.9 Å². The van der Waals surface area contributed by atoms with E-state index in [1.165, 1.54) is 0 Å². The molecule has 0 spiro atoms. The van der Waals surface area contributed by atoms with Gasteiger partial charge in [-0.25, -0.2) is 13.1 Å². The maximum absolute atomic E-state index is 12.5. The van der Waals surface area contributed by atoms with Crippen LogP contribution in [-0.2, 0) is 10.0 Å². The Morgan fingerprint density at radius 1 is 1.41 bits per heavy atom. The summed E-state index contributed by atoms with van der Waals surface area (Å²) in [5.41, 5.74) is 7.45. The SMILES string of the molecule is Cc1cnc2c(S(=O)(=O)NCC(N)C3CC3)cccc2c1.Cl. The van der Waals surface area contributed by atoms with Gasteiger partial charge in [0, 0.05) is 24.2 Å². The normalized spacial score (nSPS) is 16.3. The van der Waals surface area contributed by atoms with Crippen LogP contribution in [0, 0.1) is 12.8 Å². The first kappa shape index (κ1) is 17.1. The number of aryl methyl sites for hydroxylation is 1. The Kier molecular flexibility index (Phi) is 5.07. The van der Waals surface area contributed by atoms with Crippen molar-refractivity contribution >= 4 is 33.3 Å². The molecule has 1 aliphatic rings. The molecule has 1 heterocycles. The number of halogens is 1. The van der Waals surface area contributed by atoms with Crippen LogP contribution in [0.5, 0.6) is 0 Å². The minimum absolute atomic E-state index is 0. The van der Waals surface area contributed by atoms with Crippen molar-refractivity contribution < 1.29 is 8.42 Å².